The minimum atomic E-state index is 0.196. The lowest BCUT2D eigenvalue weighted by atomic mass is 10.2. The largest absolute Gasteiger partial charge is 0.506 e. The van der Waals surface area contributed by atoms with Gasteiger partial charge in [0.05, 0.1) is 27.3 Å². The number of aliphatic hydroxyl groups is 1. The number of rotatable bonds is 3. The van der Waals surface area contributed by atoms with Crippen LogP contribution in [0.25, 0.3) is 27.0 Å². The average molecular weight is 349 g/mol. The van der Waals surface area contributed by atoms with E-state index in [1.54, 1.807) is 6.34 Å². The van der Waals surface area contributed by atoms with Gasteiger partial charge in [0.2, 0.25) is 0 Å². The fourth-order valence-corrected chi connectivity index (χ4v) is 3.66. The molecule has 25 heavy (non-hydrogen) atoms. The summed E-state index contributed by atoms with van der Waals surface area (Å²) in [6, 6.07) is 11.3. The summed E-state index contributed by atoms with van der Waals surface area (Å²) in [6.07, 6.45) is 3.20. The Morgan fingerprint density at radius 3 is 2.76 bits per heavy atom. The zero-order valence-electron chi connectivity index (χ0n) is 13.7. The molecule has 0 unspecified atom stereocenters. The van der Waals surface area contributed by atoms with E-state index in [2.05, 4.69) is 19.9 Å². The van der Waals surface area contributed by atoms with E-state index in [-0.39, 0.29) is 5.76 Å². The highest BCUT2D eigenvalue weighted by molar-refractivity contribution is 7.17. The maximum atomic E-state index is 10.7. The van der Waals surface area contributed by atoms with Crippen molar-refractivity contribution >= 4 is 50.5 Å². The van der Waals surface area contributed by atoms with E-state index in [0.29, 0.717) is 15.9 Å². The number of pyridine rings is 1. The first-order valence-electron chi connectivity index (χ1n) is 7.67. The highest BCUT2D eigenvalue weighted by Crippen LogP contribution is 2.28. The third kappa shape index (κ3) is 2.78. The summed E-state index contributed by atoms with van der Waals surface area (Å²) in [5.74, 6) is 0.774. The van der Waals surface area contributed by atoms with Gasteiger partial charge in [0.1, 0.15) is 16.9 Å². The van der Waals surface area contributed by atoms with Crippen LogP contribution in [0.4, 0.5) is 5.82 Å². The van der Waals surface area contributed by atoms with Crippen molar-refractivity contribution in [1.82, 2.24) is 19.9 Å². The maximum Gasteiger partial charge on any atom is 0.157 e. The summed E-state index contributed by atoms with van der Waals surface area (Å²) in [5.41, 5.74) is 2.22. The summed E-state index contributed by atoms with van der Waals surface area (Å²) >= 11 is 1.39. The van der Waals surface area contributed by atoms with Crippen LogP contribution in [0.5, 0.6) is 0 Å². The quantitative estimate of drug-likeness (QED) is 0.455. The summed E-state index contributed by atoms with van der Waals surface area (Å²) in [6.45, 7) is 0. The van der Waals surface area contributed by atoms with E-state index in [4.69, 9.17) is 0 Å². The zero-order chi connectivity index (χ0) is 17.4. The molecular weight excluding hydrogens is 334 g/mol. The van der Waals surface area contributed by atoms with Crippen molar-refractivity contribution in [3.05, 3.63) is 52.8 Å². The topological polar surface area (TPSA) is 74.5 Å². The second-order valence-electron chi connectivity index (χ2n) is 5.76. The Morgan fingerprint density at radius 2 is 2.00 bits per heavy atom. The van der Waals surface area contributed by atoms with Crippen molar-refractivity contribution in [1.29, 1.82) is 0 Å². The Morgan fingerprint density at radius 1 is 1.20 bits per heavy atom. The third-order valence-electron chi connectivity index (χ3n) is 3.67. The van der Waals surface area contributed by atoms with Gasteiger partial charge < -0.3 is 10.0 Å². The lowest BCUT2D eigenvalue weighted by Crippen LogP contribution is -2.07. The molecule has 6 nitrogen and oxygen atoms in total. The molecule has 1 N–H and O–H groups in total. The normalized spacial score (nSPS) is 13.0. The van der Waals surface area contributed by atoms with Gasteiger partial charge in [0.15, 0.2) is 5.82 Å². The third-order valence-corrected chi connectivity index (χ3v) is 4.75. The second kappa shape index (κ2) is 6.10. The Bertz CT molecular complexity index is 1130. The fraction of sp³-hybridized carbons (Fsp3) is 0.111. The molecule has 0 saturated carbocycles. The monoisotopic (exact) mass is 349 g/mol. The smallest absolute Gasteiger partial charge is 0.157 e. The first-order chi connectivity index (χ1) is 12.1. The Kier molecular flexibility index (Phi) is 3.77. The van der Waals surface area contributed by atoms with Gasteiger partial charge in [-0.3, -0.25) is 0 Å². The highest BCUT2D eigenvalue weighted by atomic mass is 32.1. The Balaban J connectivity index is 2.01. The van der Waals surface area contributed by atoms with Gasteiger partial charge in [0.25, 0.3) is 0 Å². The lowest BCUT2D eigenvalue weighted by Gasteiger charge is -2.02. The molecule has 124 valence electrons. The number of benzene rings is 1. The maximum absolute atomic E-state index is 10.7. The standard InChI is InChI=1S/C18H15N5OS/c1-23(2)10-21-13-8-12-14-15(20-9-19-12)17(25-18(14)22-13)16(24)11-6-4-3-5-7-11/h3-10,24H,1-2H3/b17-16+,21-10?. The number of hydrogen-bond donors (Lipinski definition) is 1. The molecule has 3 heterocycles. The Hall–Kier alpha value is -3.06. The highest BCUT2D eigenvalue weighted by Gasteiger charge is 2.15. The van der Waals surface area contributed by atoms with E-state index in [0.717, 1.165) is 21.3 Å². The van der Waals surface area contributed by atoms with Crippen LogP contribution in [-0.2, 0) is 0 Å². The minimum absolute atomic E-state index is 0.196. The second-order valence-corrected chi connectivity index (χ2v) is 6.76. The molecule has 4 aromatic rings. The van der Waals surface area contributed by atoms with Crippen molar-refractivity contribution in [2.75, 3.05) is 14.1 Å². The van der Waals surface area contributed by atoms with E-state index in [1.807, 2.05) is 55.4 Å². The van der Waals surface area contributed by atoms with Crippen LogP contribution in [0.15, 0.2) is 47.7 Å². The van der Waals surface area contributed by atoms with Crippen LogP contribution in [0.2, 0.25) is 0 Å². The van der Waals surface area contributed by atoms with Gasteiger partial charge in [-0.15, -0.1) is 11.3 Å². The van der Waals surface area contributed by atoms with Crippen LogP contribution < -0.4 is 4.53 Å². The van der Waals surface area contributed by atoms with Gasteiger partial charge in [0, 0.05) is 25.7 Å². The number of nitrogens with zero attached hydrogens (tertiary/aromatic N) is 5. The molecule has 0 radical (unpaired) electrons. The van der Waals surface area contributed by atoms with Crippen LogP contribution in [0.3, 0.4) is 0 Å². The summed E-state index contributed by atoms with van der Waals surface area (Å²) in [5, 5.41) is 11.6. The molecule has 0 bridgehead atoms. The molecule has 1 aromatic carbocycles. The molecule has 0 amide bonds. The van der Waals surface area contributed by atoms with Crippen molar-refractivity contribution in [2.24, 2.45) is 4.99 Å². The SMILES string of the molecule is CN(C)C=Nc1cc2ncnc3/c(=C(\O)c4ccccc4)sc(n1)c23. The first kappa shape index (κ1) is 15.5. The summed E-state index contributed by atoms with van der Waals surface area (Å²) in [7, 11) is 3.80. The summed E-state index contributed by atoms with van der Waals surface area (Å²) < 4.78 is 0.690. The minimum Gasteiger partial charge on any atom is -0.506 e. The number of aromatic nitrogens is 3. The van der Waals surface area contributed by atoms with Crippen LogP contribution in [-0.4, -0.2) is 45.4 Å². The van der Waals surface area contributed by atoms with Crippen LogP contribution in [0, 0.1) is 0 Å². The summed E-state index contributed by atoms with van der Waals surface area (Å²) in [4.78, 5) is 20.3. The van der Waals surface area contributed by atoms with Gasteiger partial charge in [-0.05, 0) is 0 Å². The van der Waals surface area contributed by atoms with Crippen molar-refractivity contribution in [2.45, 2.75) is 0 Å². The molecule has 0 spiro atoms. The lowest BCUT2D eigenvalue weighted by molar-refractivity contribution is 0.509. The average Bonchev–Trinajstić information content (AvgIpc) is 3.00. The molecule has 0 aliphatic rings. The van der Waals surface area contributed by atoms with Gasteiger partial charge in [-0.1, -0.05) is 30.3 Å². The number of thiophene rings is 1. The van der Waals surface area contributed by atoms with Crippen molar-refractivity contribution < 1.29 is 5.11 Å². The predicted molar refractivity (Wildman–Crippen MR) is 101 cm³/mol. The number of aliphatic hydroxyl groups excluding tert-OH is 1. The van der Waals surface area contributed by atoms with Gasteiger partial charge in [-0.25, -0.2) is 19.9 Å². The van der Waals surface area contributed by atoms with E-state index >= 15 is 0 Å². The van der Waals surface area contributed by atoms with E-state index in [9.17, 15) is 5.11 Å². The molecule has 0 aliphatic carbocycles. The van der Waals surface area contributed by atoms with E-state index in [1.165, 1.54) is 17.7 Å². The predicted octanol–water partition coefficient (Wildman–Crippen LogP) is 2.89. The number of hydrogen-bond acceptors (Lipinski definition) is 6. The molecular formula is C18H15N5OS. The molecule has 0 saturated heterocycles. The fourth-order valence-electron chi connectivity index (χ4n) is 2.55. The molecule has 0 aliphatic heterocycles. The van der Waals surface area contributed by atoms with Crippen molar-refractivity contribution in [3.8, 4) is 0 Å². The van der Waals surface area contributed by atoms with Crippen LogP contribution >= 0.6 is 11.3 Å². The molecule has 3 aromatic heterocycles. The first-order valence-corrected chi connectivity index (χ1v) is 8.48. The molecule has 0 fully saturated rings. The molecule has 7 heteroatoms. The van der Waals surface area contributed by atoms with Gasteiger partial charge >= 0.3 is 0 Å². The van der Waals surface area contributed by atoms with Crippen molar-refractivity contribution in [3.63, 3.8) is 0 Å². The molecule has 0 atom stereocenters. The van der Waals surface area contributed by atoms with Gasteiger partial charge in [-0.2, -0.15) is 0 Å². The van der Waals surface area contributed by atoms with Crippen LogP contribution in [0.1, 0.15) is 5.56 Å². The molecule has 4 rings (SSSR count). The Labute approximate surface area is 147 Å². The van der Waals surface area contributed by atoms with E-state index < -0.39 is 0 Å². The number of aliphatic imine (C=N–C) groups is 1. The zero-order valence-corrected chi connectivity index (χ0v) is 14.5.